The Morgan fingerprint density at radius 2 is 1.50 bits per heavy atom. The lowest BCUT2D eigenvalue weighted by molar-refractivity contribution is -0.169. The molecule has 2 N–H and O–H groups in total. The van der Waals surface area contributed by atoms with Crippen molar-refractivity contribution in [3.8, 4) is 5.75 Å². The van der Waals surface area contributed by atoms with E-state index in [0.29, 0.717) is 35.4 Å². The Morgan fingerprint density at radius 3 is 2.10 bits per heavy atom. The molecule has 0 radical (unpaired) electrons. The number of piperazine rings is 1. The van der Waals surface area contributed by atoms with Crippen LogP contribution in [-0.2, 0) is 14.3 Å². The number of carboxylic acids is 1. The second-order valence-electron chi connectivity index (χ2n) is 9.68. The minimum absolute atomic E-state index is 0.0162. The fourth-order valence-corrected chi connectivity index (χ4v) is 5.34. The maximum atomic E-state index is 12.0. The summed E-state index contributed by atoms with van der Waals surface area (Å²) in [6, 6.07) is 23.3. The molecule has 1 aliphatic rings. The molecule has 1 atom stereocenters. The van der Waals surface area contributed by atoms with Crippen LogP contribution in [0.2, 0.25) is 10.0 Å². The lowest BCUT2D eigenvalue weighted by Gasteiger charge is -2.40. The molecule has 5 rings (SSSR count). The number of aliphatic carboxylic acids is 1. The summed E-state index contributed by atoms with van der Waals surface area (Å²) >= 11 is 12.3. The third-order valence-corrected chi connectivity index (χ3v) is 7.54. The number of aromatic nitrogens is 1. The topological polar surface area (TPSA) is 95.1 Å². The van der Waals surface area contributed by atoms with Crippen molar-refractivity contribution < 1.29 is 24.2 Å². The van der Waals surface area contributed by atoms with E-state index in [1.54, 1.807) is 0 Å². The quantitative estimate of drug-likeness (QED) is 0.206. The number of nitrogens with one attached hydrogen (secondary N) is 1. The van der Waals surface area contributed by atoms with Gasteiger partial charge in [-0.1, -0.05) is 53.5 Å². The fourth-order valence-electron chi connectivity index (χ4n) is 5.09. The highest BCUT2D eigenvalue weighted by molar-refractivity contribution is 6.30. The number of carbonyl (C=O) groups excluding carboxylic acids is 1. The van der Waals surface area contributed by atoms with Gasteiger partial charge in [0.05, 0.1) is 6.04 Å². The number of halogens is 2. The predicted molar refractivity (Wildman–Crippen MR) is 154 cm³/mol. The largest absolute Gasteiger partial charge is 0.489 e. The van der Waals surface area contributed by atoms with Crippen molar-refractivity contribution in [3.05, 3.63) is 100 Å². The summed E-state index contributed by atoms with van der Waals surface area (Å²) in [5.41, 5.74) is 3.17. The van der Waals surface area contributed by atoms with Gasteiger partial charge >= 0.3 is 11.9 Å². The normalized spacial score (nSPS) is 15.3. The third kappa shape index (κ3) is 6.77. The predicted octanol–water partition coefficient (Wildman–Crippen LogP) is 5.26. The van der Waals surface area contributed by atoms with Crippen LogP contribution in [0, 0.1) is 0 Å². The van der Waals surface area contributed by atoms with Gasteiger partial charge in [0.25, 0.3) is 0 Å². The lowest BCUT2D eigenvalue weighted by Crippen LogP contribution is -2.51. The number of hydrogen-bond acceptors (Lipinski definition) is 6. The summed E-state index contributed by atoms with van der Waals surface area (Å²) < 4.78 is 11.3. The molecule has 1 aromatic heterocycles. The summed E-state index contributed by atoms with van der Waals surface area (Å²) in [6.07, 6.45) is 1.06. The Morgan fingerprint density at radius 1 is 0.875 bits per heavy atom. The van der Waals surface area contributed by atoms with Gasteiger partial charge in [-0.3, -0.25) is 9.80 Å². The van der Waals surface area contributed by atoms with Crippen molar-refractivity contribution in [2.45, 2.75) is 12.1 Å². The van der Waals surface area contributed by atoms with E-state index in [1.165, 1.54) is 0 Å². The van der Waals surface area contributed by atoms with E-state index >= 15 is 0 Å². The molecule has 1 fully saturated rings. The van der Waals surface area contributed by atoms with E-state index in [1.807, 2.05) is 79.0 Å². The summed E-state index contributed by atoms with van der Waals surface area (Å²) in [5, 5.41) is 11.4. The van der Waals surface area contributed by atoms with Crippen LogP contribution in [-0.4, -0.2) is 77.3 Å². The molecule has 3 aromatic carbocycles. The van der Waals surface area contributed by atoms with Crippen LogP contribution >= 0.6 is 23.2 Å². The number of aromatic amines is 1. The van der Waals surface area contributed by atoms with E-state index in [4.69, 9.17) is 37.8 Å². The van der Waals surface area contributed by atoms with Gasteiger partial charge in [-0.25, -0.2) is 9.59 Å². The number of carbonyl (C=O) groups is 2. The summed E-state index contributed by atoms with van der Waals surface area (Å²) in [4.78, 5) is 30.9. The molecule has 10 heteroatoms. The van der Waals surface area contributed by atoms with E-state index in [2.05, 4.69) is 14.8 Å². The van der Waals surface area contributed by atoms with Crippen molar-refractivity contribution in [1.82, 2.24) is 14.8 Å². The van der Waals surface area contributed by atoms with Gasteiger partial charge in [0.1, 0.15) is 18.5 Å². The molecular formula is C30H29Cl2N3O5. The zero-order valence-electron chi connectivity index (χ0n) is 21.6. The third-order valence-electron chi connectivity index (χ3n) is 7.03. The highest BCUT2D eigenvalue weighted by Crippen LogP contribution is 2.31. The molecule has 8 nitrogen and oxygen atoms in total. The molecule has 0 saturated carbocycles. The average Bonchev–Trinajstić information content (AvgIpc) is 3.44. The number of ether oxygens (including phenoxy) is 2. The van der Waals surface area contributed by atoms with Crippen LogP contribution in [0.5, 0.6) is 5.75 Å². The summed E-state index contributed by atoms with van der Waals surface area (Å²) in [6.45, 7) is 3.28. The standard InChI is InChI=1S/C30H29Cl2N3O5/c31-22-8-4-20(5-9-22)28(21-6-10-23(32)11-7-21)35-16-14-34(15-17-35)18-24(40-30(38)29(36)37)19-39-27-3-1-2-26-25(27)12-13-33-26/h1-13,24,28,33H,14-19H2,(H,36,37)/t24-/m0/s1. The first-order valence-electron chi connectivity index (χ1n) is 13.0. The van der Waals surface area contributed by atoms with Gasteiger partial charge in [0.2, 0.25) is 0 Å². The van der Waals surface area contributed by atoms with Gasteiger partial charge in [0, 0.05) is 59.9 Å². The Balaban J connectivity index is 1.27. The molecule has 0 aliphatic carbocycles. The second kappa shape index (κ2) is 12.7. The SMILES string of the molecule is O=C(O)C(=O)O[C@H](COc1cccc2[nH]ccc12)CN1CCN(C(c2ccc(Cl)cc2)c2ccc(Cl)cc2)CC1. The average molecular weight is 582 g/mol. The van der Waals surface area contributed by atoms with Crippen molar-refractivity contribution in [1.29, 1.82) is 0 Å². The Labute approximate surface area is 242 Å². The number of rotatable bonds is 9. The minimum atomic E-state index is -1.63. The number of H-pyrrole nitrogens is 1. The van der Waals surface area contributed by atoms with Crippen molar-refractivity contribution in [2.24, 2.45) is 0 Å². The highest BCUT2D eigenvalue weighted by Gasteiger charge is 2.29. The first-order chi connectivity index (χ1) is 19.4. The number of esters is 1. The Kier molecular flexibility index (Phi) is 8.91. The summed E-state index contributed by atoms with van der Waals surface area (Å²) in [7, 11) is 0. The van der Waals surface area contributed by atoms with Crippen LogP contribution in [0.25, 0.3) is 10.9 Å². The van der Waals surface area contributed by atoms with Crippen LogP contribution < -0.4 is 4.74 Å². The molecule has 2 heterocycles. The first kappa shape index (κ1) is 28.0. The van der Waals surface area contributed by atoms with Crippen molar-refractivity contribution in [3.63, 3.8) is 0 Å². The van der Waals surface area contributed by atoms with Gasteiger partial charge in [-0.15, -0.1) is 0 Å². The molecule has 0 amide bonds. The smallest absolute Gasteiger partial charge is 0.417 e. The van der Waals surface area contributed by atoms with Crippen LogP contribution in [0.3, 0.4) is 0 Å². The van der Waals surface area contributed by atoms with Crippen molar-refractivity contribution in [2.75, 3.05) is 39.3 Å². The molecule has 0 spiro atoms. The molecule has 4 aromatic rings. The molecule has 0 unspecified atom stereocenters. The second-order valence-corrected chi connectivity index (χ2v) is 10.6. The van der Waals surface area contributed by atoms with E-state index < -0.39 is 18.0 Å². The Hall–Kier alpha value is -3.56. The van der Waals surface area contributed by atoms with Gasteiger partial charge < -0.3 is 19.6 Å². The molecular weight excluding hydrogens is 553 g/mol. The van der Waals surface area contributed by atoms with Crippen LogP contribution in [0.15, 0.2) is 79.0 Å². The van der Waals surface area contributed by atoms with Gasteiger partial charge in [0.15, 0.2) is 0 Å². The zero-order valence-corrected chi connectivity index (χ0v) is 23.1. The molecule has 1 saturated heterocycles. The number of nitrogens with zero attached hydrogens (tertiary/aromatic N) is 2. The minimum Gasteiger partial charge on any atom is -0.489 e. The number of carboxylic acid groups (broad SMARTS) is 1. The molecule has 208 valence electrons. The van der Waals surface area contributed by atoms with E-state index in [0.717, 1.165) is 35.1 Å². The number of fused-ring (bicyclic) bond motifs is 1. The number of hydrogen-bond donors (Lipinski definition) is 2. The Bertz CT molecular complexity index is 1400. The molecule has 1 aliphatic heterocycles. The maximum absolute atomic E-state index is 12.0. The molecule has 40 heavy (non-hydrogen) atoms. The monoisotopic (exact) mass is 581 g/mol. The first-order valence-corrected chi connectivity index (χ1v) is 13.7. The van der Waals surface area contributed by atoms with Crippen LogP contribution in [0.1, 0.15) is 17.2 Å². The van der Waals surface area contributed by atoms with E-state index in [9.17, 15) is 9.59 Å². The molecule has 0 bridgehead atoms. The van der Waals surface area contributed by atoms with Gasteiger partial charge in [-0.2, -0.15) is 0 Å². The van der Waals surface area contributed by atoms with Crippen LogP contribution in [0.4, 0.5) is 0 Å². The maximum Gasteiger partial charge on any atom is 0.417 e. The fraction of sp³-hybridized carbons (Fsp3) is 0.267. The lowest BCUT2D eigenvalue weighted by atomic mass is 9.96. The number of benzene rings is 3. The van der Waals surface area contributed by atoms with Crippen molar-refractivity contribution >= 4 is 46.0 Å². The summed E-state index contributed by atoms with van der Waals surface area (Å²) in [5.74, 6) is -2.29. The van der Waals surface area contributed by atoms with Gasteiger partial charge in [-0.05, 0) is 53.6 Å². The zero-order chi connectivity index (χ0) is 28.1. The van der Waals surface area contributed by atoms with E-state index in [-0.39, 0.29) is 12.6 Å². The highest BCUT2D eigenvalue weighted by atomic mass is 35.5.